The summed E-state index contributed by atoms with van der Waals surface area (Å²) >= 11 is 0. The third-order valence-electron chi connectivity index (χ3n) is 8.66. The quantitative estimate of drug-likeness (QED) is 0.321. The van der Waals surface area contributed by atoms with Crippen molar-refractivity contribution in [3.05, 3.63) is 58.7 Å². The Kier molecular flexibility index (Phi) is 6.72. The first-order valence-corrected chi connectivity index (χ1v) is 14.1. The van der Waals surface area contributed by atoms with Gasteiger partial charge in [0.25, 0.3) is 0 Å². The minimum atomic E-state index is -0.948. The molecule has 0 amide bonds. The zero-order valence-corrected chi connectivity index (χ0v) is 23.6. The number of carbonyl (C=O) groups is 1. The fourth-order valence-corrected chi connectivity index (χ4v) is 6.34. The number of carboxylic acids is 1. The molecule has 1 aromatic carbocycles. The number of aromatic nitrogens is 3. The number of carboxylic acid groups (broad SMARTS) is 1. The van der Waals surface area contributed by atoms with Crippen LogP contribution in [-0.2, 0) is 24.7 Å². The number of ether oxygens (including phenoxy) is 1. The van der Waals surface area contributed by atoms with E-state index >= 15 is 4.39 Å². The molecule has 0 spiro atoms. The molecule has 0 atom stereocenters. The summed E-state index contributed by atoms with van der Waals surface area (Å²) in [7, 11) is 1.97. The molecule has 0 bridgehead atoms. The Labute approximate surface area is 233 Å². The zero-order chi connectivity index (χ0) is 28.1. The van der Waals surface area contributed by atoms with Crippen LogP contribution in [0.15, 0.2) is 30.5 Å². The largest absolute Gasteiger partial charge is 0.490 e. The number of piperidine rings is 1. The molecule has 1 N–H and O–H groups in total. The van der Waals surface area contributed by atoms with Gasteiger partial charge in [-0.3, -0.25) is 4.79 Å². The molecule has 0 saturated carbocycles. The minimum Gasteiger partial charge on any atom is -0.490 e. The fraction of sp³-hybridized carbons (Fsp3) is 0.406. The van der Waals surface area contributed by atoms with Crippen LogP contribution >= 0.6 is 0 Å². The number of nitrogens with zero attached hydrogens (tertiary/aromatic N) is 4. The molecule has 2 aliphatic heterocycles. The maximum absolute atomic E-state index is 15.4. The Morgan fingerprint density at radius 2 is 1.98 bits per heavy atom. The van der Waals surface area contributed by atoms with Crippen molar-refractivity contribution in [1.29, 1.82) is 0 Å². The van der Waals surface area contributed by atoms with Crippen LogP contribution in [-0.4, -0.2) is 45.3 Å². The number of hydrogen-bond donors (Lipinski definition) is 1. The molecule has 208 valence electrons. The van der Waals surface area contributed by atoms with Crippen LogP contribution in [0, 0.1) is 25.6 Å². The lowest BCUT2D eigenvalue weighted by Gasteiger charge is -2.31. The van der Waals surface area contributed by atoms with E-state index in [0.29, 0.717) is 29.2 Å². The standard InChI is InChI=1S/C32H35FN4O3/c1-18-8-11-37(12-9-18)28-14-21(7-10-34-28)27-16-25-30(24(17-29(38)39)20(3)35-32(25)36(27)4)23-15-26(33)31-22(19(23)2)6-5-13-40-31/h7,10,14-16,18H,5-6,8-9,11-13,17H2,1-4H3,(H,38,39). The molecule has 40 heavy (non-hydrogen) atoms. The van der Waals surface area contributed by atoms with E-state index < -0.39 is 11.8 Å². The molecule has 7 nitrogen and oxygen atoms in total. The third kappa shape index (κ3) is 4.49. The van der Waals surface area contributed by atoms with Crippen molar-refractivity contribution in [1.82, 2.24) is 14.5 Å². The van der Waals surface area contributed by atoms with Gasteiger partial charge in [-0.15, -0.1) is 0 Å². The number of fused-ring (bicyclic) bond motifs is 2. The van der Waals surface area contributed by atoms with Crippen molar-refractivity contribution in [3.8, 4) is 28.1 Å². The fourth-order valence-electron chi connectivity index (χ4n) is 6.34. The molecule has 0 aliphatic carbocycles. The van der Waals surface area contributed by atoms with Gasteiger partial charge in [-0.1, -0.05) is 6.92 Å². The van der Waals surface area contributed by atoms with Crippen LogP contribution in [0.3, 0.4) is 0 Å². The van der Waals surface area contributed by atoms with E-state index in [1.54, 1.807) is 0 Å². The van der Waals surface area contributed by atoms with Gasteiger partial charge in [0, 0.05) is 48.5 Å². The first-order valence-electron chi connectivity index (χ1n) is 14.1. The summed E-state index contributed by atoms with van der Waals surface area (Å²) in [6.07, 6.45) is 5.50. The highest BCUT2D eigenvalue weighted by Gasteiger charge is 2.27. The minimum absolute atomic E-state index is 0.199. The zero-order valence-electron chi connectivity index (χ0n) is 23.6. The molecular weight excluding hydrogens is 507 g/mol. The average molecular weight is 543 g/mol. The summed E-state index contributed by atoms with van der Waals surface area (Å²) < 4.78 is 23.1. The van der Waals surface area contributed by atoms with Gasteiger partial charge < -0.3 is 19.3 Å². The summed E-state index contributed by atoms with van der Waals surface area (Å²) in [6, 6.07) is 7.69. The first-order chi connectivity index (χ1) is 19.2. The van der Waals surface area contributed by atoms with E-state index in [9.17, 15) is 9.90 Å². The second-order valence-electron chi connectivity index (χ2n) is 11.3. The Hall–Kier alpha value is -3.94. The van der Waals surface area contributed by atoms with Gasteiger partial charge >= 0.3 is 5.97 Å². The average Bonchev–Trinajstić information content (AvgIpc) is 3.27. The van der Waals surface area contributed by atoms with Gasteiger partial charge in [-0.2, -0.15) is 0 Å². The number of aliphatic carboxylic acids is 1. The molecule has 0 unspecified atom stereocenters. The molecule has 4 aromatic rings. The Balaban J connectivity index is 1.56. The molecular formula is C32H35FN4O3. The van der Waals surface area contributed by atoms with Gasteiger partial charge in [0.05, 0.1) is 18.7 Å². The van der Waals surface area contributed by atoms with Gasteiger partial charge in [0.15, 0.2) is 11.6 Å². The molecule has 1 saturated heterocycles. The molecule has 2 aliphatic rings. The molecule has 5 heterocycles. The number of benzene rings is 1. The lowest BCUT2D eigenvalue weighted by Crippen LogP contribution is -2.33. The second-order valence-corrected chi connectivity index (χ2v) is 11.3. The number of rotatable bonds is 5. The van der Waals surface area contributed by atoms with E-state index in [1.807, 2.05) is 37.7 Å². The van der Waals surface area contributed by atoms with E-state index in [0.717, 1.165) is 89.5 Å². The molecule has 1 fully saturated rings. The lowest BCUT2D eigenvalue weighted by atomic mass is 9.87. The van der Waals surface area contributed by atoms with Crippen LogP contribution in [0.2, 0.25) is 0 Å². The Bertz CT molecular complexity index is 1640. The Morgan fingerprint density at radius 3 is 2.73 bits per heavy atom. The number of anilines is 1. The highest BCUT2D eigenvalue weighted by molar-refractivity contribution is 6.01. The predicted octanol–water partition coefficient (Wildman–Crippen LogP) is 6.25. The van der Waals surface area contributed by atoms with Crippen molar-refractivity contribution in [2.24, 2.45) is 13.0 Å². The Morgan fingerprint density at radius 1 is 1.20 bits per heavy atom. The maximum atomic E-state index is 15.4. The SMILES string of the molecule is Cc1nc2c(cc(-c3ccnc(N4CCC(C)CC4)c3)n2C)c(-c2cc(F)c3c(c2C)CCCO3)c1CC(=O)O. The van der Waals surface area contributed by atoms with Crippen molar-refractivity contribution >= 4 is 22.8 Å². The van der Waals surface area contributed by atoms with Crippen molar-refractivity contribution in [2.75, 3.05) is 24.6 Å². The number of pyridine rings is 2. The van der Waals surface area contributed by atoms with Crippen LogP contribution in [0.4, 0.5) is 10.2 Å². The first kappa shape index (κ1) is 26.3. The summed E-state index contributed by atoms with van der Waals surface area (Å²) in [6.45, 7) is 8.59. The van der Waals surface area contributed by atoms with Crippen LogP contribution in [0.1, 0.15) is 48.6 Å². The second kappa shape index (κ2) is 10.2. The highest BCUT2D eigenvalue weighted by Crippen LogP contribution is 2.43. The van der Waals surface area contributed by atoms with Gasteiger partial charge in [-0.25, -0.2) is 14.4 Å². The van der Waals surface area contributed by atoms with E-state index in [4.69, 9.17) is 9.72 Å². The number of halogens is 1. The highest BCUT2D eigenvalue weighted by atomic mass is 19.1. The lowest BCUT2D eigenvalue weighted by molar-refractivity contribution is -0.136. The van der Waals surface area contributed by atoms with Crippen molar-refractivity contribution in [3.63, 3.8) is 0 Å². The summed E-state index contributed by atoms with van der Waals surface area (Å²) in [5.41, 5.74) is 7.13. The molecule has 3 aromatic heterocycles. The molecule has 6 rings (SSSR count). The number of hydrogen-bond acceptors (Lipinski definition) is 5. The van der Waals surface area contributed by atoms with E-state index in [1.165, 1.54) is 6.07 Å². The predicted molar refractivity (Wildman–Crippen MR) is 155 cm³/mol. The van der Waals surface area contributed by atoms with Gasteiger partial charge in [-0.05, 0) is 92.0 Å². The summed E-state index contributed by atoms with van der Waals surface area (Å²) in [5.74, 6) is 0.645. The monoisotopic (exact) mass is 542 g/mol. The summed E-state index contributed by atoms with van der Waals surface area (Å²) in [5, 5.41) is 10.6. The smallest absolute Gasteiger partial charge is 0.307 e. The molecule has 0 radical (unpaired) electrons. The van der Waals surface area contributed by atoms with E-state index in [-0.39, 0.29) is 6.42 Å². The van der Waals surface area contributed by atoms with Gasteiger partial charge in [0.2, 0.25) is 0 Å². The molecule has 8 heteroatoms. The van der Waals surface area contributed by atoms with Crippen LogP contribution in [0.5, 0.6) is 5.75 Å². The number of aryl methyl sites for hydroxylation is 2. The topological polar surface area (TPSA) is 80.5 Å². The van der Waals surface area contributed by atoms with Crippen molar-refractivity contribution in [2.45, 2.75) is 52.9 Å². The normalized spacial score (nSPS) is 15.8. The van der Waals surface area contributed by atoms with Crippen LogP contribution < -0.4 is 9.64 Å². The summed E-state index contributed by atoms with van der Waals surface area (Å²) in [4.78, 5) is 23.9. The van der Waals surface area contributed by atoms with Gasteiger partial charge in [0.1, 0.15) is 11.5 Å². The third-order valence-corrected chi connectivity index (χ3v) is 8.66. The van der Waals surface area contributed by atoms with Crippen molar-refractivity contribution < 1.29 is 19.0 Å². The van der Waals surface area contributed by atoms with Crippen LogP contribution in [0.25, 0.3) is 33.4 Å². The van der Waals surface area contributed by atoms with E-state index in [2.05, 4.69) is 28.9 Å². The maximum Gasteiger partial charge on any atom is 0.307 e.